The van der Waals surface area contributed by atoms with E-state index >= 15 is 0 Å². The molecular formula is C9H13NO3. The van der Waals surface area contributed by atoms with Gasteiger partial charge in [0.15, 0.2) is 0 Å². The molecule has 2 atom stereocenters. The lowest BCUT2D eigenvalue weighted by molar-refractivity contribution is -0.132. The molecule has 1 aliphatic carbocycles. The zero-order valence-electron chi connectivity index (χ0n) is 7.66. The van der Waals surface area contributed by atoms with Crippen LogP contribution in [-0.4, -0.2) is 29.5 Å². The predicted molar refractivity (Wildman–Crippen MR) is 45.0 cm³/mol. The Hall–Kier alpha value is -1.06. The van der Waals surface area contributed by atoms with Crippen LogP contribution in [0, 0.1) is 5.92 Å². The number of carbonyl (C=O) groups is 2. The van der Waals surface area contributed by atoms with Crippen molar-refractivity contribution in [2.75, 3.05) is 6.61 Å². The van der Waals surface area contributed by atoms with E-state index in [9.17, 15) is 9.59 Å². The average Bonchev–Trinajstić information content (AvgIpc) is 2.63. The van der Waals surface area contributed by atoms with Crippen molar-refractivity contribution in [2.45, 2.75) is 32.2 Å². The second-order valence-electron chi connectivity index (χ2n) is 3.57. The van der Waals surface area contributed by atoms with Gasteiger partial charge in [0.25, 0.3) is 0 Å². The Labute approximate surface area is 76.8 Å². The van der Waals surface area contributed by atoms with E-state index in [2.05, 4.69) is 0 Å². The lowest BCUT2D eigenvalue weighted by Crippen LogP contribution is -2.42. The summed E-state index contributed by atoms with van der Waals surface area (Å²) in [5, 5.41) is 0. The molecule has 0 aromatic rings. The molecule has 0 spiro atoms. The third-order valence-electron chi connectivity index (χ3n) is 2.82. The van der Waals surface area contributed by atoms with Crippen molar-refractivity contribution in [2.24, 2.45) is 5.92 Å². The van der Waals surface area contributed by atoms with Gasteiger partial charge in [0.2, 0.25) is 5.91 Å². The van der Waals surface area contributed by atoms with Gasteiger partial charge >= 0.3 is 6.09 Å². The minimum atomic E-state index is -0.459. The van der Waals surface area contributed by atoms with Crippen molar-refractivity contribution < 1.29 is 14.3 Å². The first kappa shape index (κ1) is 8.53. The highest BCUT2D eigenvalue weighted by molar-refractivity contribution is 5.96. The molecule has 72 valence electrons. The summed E-state index contributed by atoms with van der Waals surface area (Å²) >= 11 is 0. The third-order valence-corrected chi connectivity index (χ3v) is 2.82. The number of hydrogen-bond acceptors (Lipinski definition) is 3. The number of carbonyl (C=O) groups excluding carboxylic acids is 2. The fraction of sp³-hybridized carbons (Fsp3) is 0.778. The number of imide groups is 1. The molecule has 4 heteroatoms. The van der Waals surface area contributed by atoms with Gasteiger partial charge in [-0.2, -0.15) is 0 Å². The van der Waals surface area contributed by atoms with Crippen LogP contribution >= 0.6 is 0 Å². The molecule has 2 aliphatic rings. The van der Waals surface area contributed by atoms with Crippen LogP contribution in [0.4, 0.5) is 4.79 Å². The molecule has 2 fully saturated rings. The monoisotopic (exact) mass is 183 g/mol. The maximum Gasteiger partial charge on any atom is 0.416 e. The number of amides is 2. The number of ether oxygens (including phenoxy) is 1. The first-order valence-electron chi connectivity index (χ1n) is 4.74. The summed E-state index contributed by atoms with van der Waals surface area (Å²) in [7, 11) is 0. The number of rotatable bonds is 1. The van der Waals surface area contributed by atoms with Crippen LogP contribution in [-0.2, 0) is 9.53 Å². The summed E-state index contributed by atoms with van der Waals surface area (Å²) < 4.78 is 4.82. The Morgan fingerprint density at radius 1 is 1.62 bits per heavy atom. The molecule has 2 amide bonds. The van der Waals surface area contributed by atoms with E-state index in [0.29, 0.717) is 6.61 Å². The van der Waals surface area contributed by atoms with Crippen molar-refractivity contribution in [3.63, 3.8) is 0 Å². The van der Waals surface area contributed by atoms with E-state index in [1.54, 1.807) is 6.92 Å². The number of fused-ring (bicyclic) bond motifs is 2. The van der Waals surface area contributed by atoms with Crippen LogP contribution in [0.5, 0.6) is 0 Å². The Bertz CT molecular complexity index is 251. The van der Waals surface area contributed by atoms with Crippen LogP contribution in [0.3, 0.4) is 0 Å². The van der Waals surface area contributed by atoms with Gasteiger partial charge in [0.05, 0.1) is 6.61 Å². The summed E-state index contributed by atoms with van der Waals surface area (Å²) in [6.07, 6.45) is 2.28. The summed E-state index contributed by atoms with van der Waals surface area (Å²) in [6.45, 7) is 2.08. The van der Waals surface area contributed by atoms with Crippen LogP contribution in [0.1, 0.15) is 26.2 Å². The topological polar surface area (TPSA) is 46.6 Å². The normalized spacial score (nSPS) is 31.2. The third kappa shape index (κ3) is 1.20. The Morgan fingerprint density at radius 3 is 2.92 bits per heavy atom. The highest BCUT2D eigenvalue weighted by atomic mass is 16.6. The summed E-state index contributed by atoms with van der Waals surface area (Å²) in [5.74, 6) is 0.0594. The van der Waals surface area contributed by atoms with Gasteiger partial charge in [0.1, 0.15) is 0 Å². The van der Waals surface area contributed by atoms with Gasteiger partial charge < -0.3 is 4.74 Å². The zero-order valence-corrected chi connectivity index (χ0v) is 7.66. The maximum absolute atomic E-state index is 11.5. The summed E-state index contributed by atoms with van der Waals surface area (Å²) in [6, 6.07) is 0.122. The maximum atomic E-state index is 11.5. The Morgan fingerprint density at radius 2 is 2.38 bits per heavy atom. The first-order valence-corrected chi connectivity index (χ1v) is 4.74. The van der Waals surface area contributed by atoms with Crippen LogP contribution < -0.4 is 0 Å². The molecule has 1 saturated heterocycles. The lowest BCUT2D eigenvalue weighted by atomic mass is 10.1. The van der Waals surface area contributed by atoms with Crippen molar-refractivity contribution in [1.29, 1.82) is 0 Å². The zero-order chi connectivity index (χ0) is 9.42. The Kier molecular flexibility index (Phi) is 1.98. The van der Waals surface area contributed by atoms with Gasteiger partial charge in [0, 0.05) is 12.0 Å². The molecule has 0 radical (unpaired) electrons. The van der Waals surface area contributed by atoms with Gasteiger partial charge in [-0.05, 0) is 26.2 Å². The van der Waals surface area contributed by atoms with Crippen molar-refractivity contribution in [1.82, 2.24) is 4.90 Å². The lowest BCUT2D eigenvalue weighted by Gasteiger charge is -2.23. The second kappa shape index (κ2) is 3.01. The van der Waals surface area contributed by atoms with Crippen molar-refractivity contribution >= 4 is 12.0 Å². The van der Waals surface area contributed by atoms with E-state index in [-0.39, 0.29) is 17.9 Å². The second-order valence-corrected chi connectivity index (χ2v) is 3.57. The van der Waals surface area contributed by atoms with E-state index in [1.165, 1.54) is 4.90 Å². The van der Waals surface area contributed by atoms with Gasteiger partial charge in [-0.15, -0.1) is 0 Å². The fourth-order valence-electron chi connectivity index (χ4n) is 2.23. The molecule has 0 aromatic carbocycles. The molecule has 0 unspecified atom stereocenters. The van der Waals surface area contributed by atoms with Gasteiger partial charge in [-0.3, -0.25) is 4.79 Å². The molecule has 0 aromatic heterocycles. The molecule has 0 N–H and O–H groups in total. The minimum Gasteiger partial charge on any atom is -0.449 e. The molecule has 1 saturated carbocycles. The number of piperidine rings is 1. The van der Waals surface area contributed by atoms with Crippen molar-refractivity contribution in [3.8, 4) is 0 Å². The summed E-state index contributed by atoms with van der Waals surface area (Å²) in [5.41, 5.74) is 0. The molecule has 13 heavy (non-hydrogen) atoms. The van der Waals surface area contributed by atoms with Gasteiger partial charge in [-0.25, -0.2) is 9.69 Å². The first-order chi connectivity index (χ1) is 6.24. The molecule has 1 heterocycles. The Balaban J connectivity index is 2.08. The number of hydrogen-bond donors (Lipinski definition) is 0. The van der Waals surface area contributed by atoms with Crippen LogP contribution in [0.15, 0.2) is 0 Å². The molecule has 2 bridgehead atoms. The average molecular weight is 183 g/mol. The van der Waals surface area contributed by atoms with Crippen LogP contribution in [0.25, 0.3) is 0 Å². The largest absolute Gasteiger partial charge is 0.449 e. The summed E-state index contributed by atoms with van der Waals surface area (Å²) in [4.78, 5) is 24.1. The number of likely N-dealkylation sites (tertiary alicyclic amines) is 1. The highest BCUT2D eigenvalue weighted by Crippen LogP contribution is 2.38. The number of nitrogens with zero attached hydrogens (tertiary/aromatic N) is 1. The predicted octanol–water partition coefficient (Wildman–Crippen LogP) is 1.15. The standard InChI is InChI=1S/C9H13NO3/c1-2-13-9(12)10-7-4-3-6(5-7)8(10)11/h6-7H,2-5H2,1H3/t6-,7+/m1/s1. The molecular weight excluding hydrogens is 170 g/mol. The minimum absolute atomic E-state index is 0.0327. The molecule has 1 aliphatic heterocycles. The van der Waals surface area contributed by atoms with E-state index < -0.39 is 6.09 Å². The van der Waals surface area contributed by atoms with E-state index in [4.69, 9.17) is 4.74 Å². The van der Waals surface area contributed by atoms with Crippen molar-refractivity contribution in [3.05, 3.63) is 0 Å². The molecule has 2 rings (SSSR count). The highest BCUT2D eigenvalue weighted by Gasteiger charge is 2.48. The smallest absolute Gasteiger partial charge is 0.416 e. The van der Waals surface area contributed by atoms with E-state index in [1.807, 2.05) is 0 Å². The van der Waals surface area contributed by atoms with Crippen LogP contribution in [0.2, 0.25) is 0 Å². The van der Waals surface area contributed by atoms with E-state index in [0.717, 1.165) is 19.3 Å². The molecule has 4 nitrogen and oxygen atoms in total. The van der Waals surface area contributed by atoms with Gasteiger partial charge in [-0.1, -0.05) is 0 Å². The SMILES string of the molecule is CCOC(=O)N1C(=O)[C@@H]2CC[C@H]1C2. The quantitative estimate of drug-likeness (QED) is 0.612. The fourth-order valence-corrected chi connectivity index (χ4v) is 2.23.